The monoisotopic (exact) mass is 246 g/mol. The van der Waals surface area contributed by atoms with Crippen molar-refractivity contribution in [1.29, 1.82) is 0 Å². The predicted molar refractivity (Wildman–Crippen MR) is 79.3 cm³/mol. The fourth-order valence-electron chi connectivity index (χ4n) is 2.82. The molecule has 1 saturated heterocycles. The Kier molecular flexibility index (Phi) is 4.65. The van der Waals surface area contributed by atoms with Gasteiger partial charge in [-0.2, -0.15) is 0 Å². The number of rotatable bonds is 4. The van der Waals surface area contributed by atoms with E-state index < -0.39 is 0 Å². The zero-order chi connectivity index (χ0) is 13.0. The van der Waals surface area contributed by atoms with Crippen LogP contribution in [-0.4, -0.2) is 25.7 Å². The maximum Gasteiger partial charge on any atom is 0.0438 e. The van der Waals surface area contributed by atoms with Crippen LogP contribution in [0.2, 0.25) is 0 Å². The van der Waals surface area contributed by atoms with Gasteiger partial charge in [-0.15, -0.1) is 0 Å². The molecule has 2 nitrogen and oxygen atoms in total. The molecule has 18 heavy (non-hydrogen) atoms. The molecular formula is C16H26N2. The standard InChI is InChI=1S/C16H26N2/c1-4-6-14-7-5-8-15(11-14)18-10-9-17-12-16(18)13(2)3/h5,7-8,11,13,16-17H,4,6,9-10,12H2,1-3H3. The van der Waals surface area contributed by atoms with Crippen molar-refractivity contribution < 1.29 is 0 Å². The topological polar surface area (TPSA) is 15.3 Å². The molecule has 0 amide bonds. The number of anilines is 1. The zero-order valence-corrected chi connectivity index (χ0v) is 11.9. The Morgan fingerprint density at radius 1 is 1.39 bits per heavy atom. The predicted octanol–water partition coefficient (Wildman–Crippen LogP) is 3.07. The lowest BCUT2D eigenvalue weighted by Gasteiger charge is -2.40. The molecule has 0 spiro atoms. The summed E-state index contributed by atoms with van der Waals surface area (Å²) in [6.45, 7) is 10.2. The second-order valence-corrected chi connectivity index (χ2v) is 5.63. The Bertz CT molecular complexity index is 373. The Balaban J connectivity index is 2.19. The van der Waals surface area contributed by atoms with E-state index in [2.05, 4.69) is 55.3 Å². The average molecular weight is 246 g/mol. The first-order valence-corrected chi connectivity index (χ1v) is 7.28. The van der Waals surface area contributed by atoms with Gasteiger partial charge in [0, 0.05) is 31.4 Å². The minimum absolute atomic E-state index is 0.621. The van der Waals surface area contributed by atoms with E-state index in [1.807, 2.05) is 0 Å². The number of nitrogens with one attached hydrogen (secondary N) is 1. The van der Waals surface area contributed by atoms with Crippen molar-refractivity contribution in [3.05, 3.63) is 29.8 Å². The molecule has 1 atom stereocenters. The summed E-state index contributed by atoms with van der Waals surface area (Å²) in [5, 5.41) is 3.51. The van der Waals surface area contributed by atoms with Gasteiger partial charge in [-0.25, -0.2) is 0 Å². The second-order valence-electron chi connectivity index (χ2n) is 5.63. The molecule has 1 heterocycles. The lowest BCUT2D eigenvalue weighted by atomic mass is 9.99. The summed E-state index contributed by atoms with van der Waals surface area (Å²) in [5.74, 6) is 0.688. The quantitative estimate of drug-likeness (QED) is 0.878. The molecule has 0 aromatic heterocycles. The summed E-state index contributed by atoms with van der Waals surface area (Å²) in [4.78, 5) is 2.58. The van der Waals surface area contributed by atoms with Gasteiger partial charge in [0.05, 0.1) is 0 Å². The van der Waals surface area contributed by atoms with E-state index >= 15 is 0 Å². The number of piperazine rings is 1. The van der Waals surface area contributed by atoms with E-state index in [0.29, 0.717) is 12.0 Å². The third-order valence-corrected chi connectivity index (χ3v) is 3.83. The maximum atomic E-state index is 3.51. The first-order valence-electron chi connectivity index (χ1n) is 7.28. The van der Waals surface area contributed by atoms with Crippen molar-refractivity contribution in [2.24, 2.45) is 5.92 Å². The summed E-state index contributed by atoms with van der Waals surface area (Å²) in [5.41, 5.74) is 2.87. The molecule has 1 fully saturated rings. The van der Waals surface area contributed by atoms with E-state index in [9.17, 15) is 0 Å². The minimum Gasteiger partial charge on any atom is -0.366 e. The molecule has 2 heteroatoms. The van der Waals surface area contributed by atoms with Crippen LogP contribution in [0.25, 0.3) is 0 Å². The Hall–Kier alpha value is -1.02. The van der Waals surface area contributed by atoms with Gasteiger partial charge in [0.25, 0.3) is 0 Å². The number of hydrogen-bond acceptors (Lipinski definition) is 2. The summed E-state index contributed by atoms with van der Waals surface area (Å²) >= 11 is 0. The van der Waals surface area contributed by atoms with Crippen molar-refractivity contribution >= 4 is 5.69 Å². The van der Waals surface area contributed by atoms with Crippen molar-refractivity contribution in [2.45, 2.75) is 39.7 Å². The summed E-state index contributed by atoms with van der Waals surface area (Å²) in [7, 11) is 0. The largest absolute Gasteiger partial charge is 0.366 e. The van der Waals surface area contributed by atoms with Crippen LogP contribution >= 0.6 is 0 Å². The zero-order valence-electron chi connectivity index (χ0n) is 11.9. The van der Waals surface area contributed by atoms with Crippen LogP contribution in [-0.2, 0) is 6.42 Å². The molecule has 1 unspecified atom stereocenters. The molecule has 2 rings (SSSR count). The minimum atomic E-state index is 0.621. The summed E-state index contributed by atoms with van der Waals surface area (Å²) < 4.78 is 0. The lowest BCUT2D eigenvalue weighted by Crippen LogP contribution is -2.53. The van der Waals surface area contributed by atoms with Crippen molar-refractivity contribution in [2.75, 3.05) is 24.5 Å². The van der Waals surface area contributed by atoms with Gasteiger partial charge < -0.3 is 10.2 Å². The fraction of sp³-hybridized carbons (Fsp3) is 0.625. The molecular weight excluding hydrogens is 220 g/mol. The van der Waals surface area contributed by atoms with Gasteiger partial charge in [0.15, 0.2) is 0 Å². The van der Waals surface area contributed by atoms with Gasteiger partial charge in [-0.05, 0) is 30.0 Å². The number of hydrogen-bond donors (Lipinski definition) is 1. The van der Waals surface area contributed by atoms with Crippen LogP contribution in [0.15, 0.2) is 24.3 Å². The van der Waals surface area contributed by atoms with Gasteiger partial charge in [-0.1, -0.05) is 39.3 Å². The highest BCUT2D eigenvalue weighted by molar-refractivity contribution is 5.50. The highest BCUT2D eigenvalue weighted by Gasteiger charge is 2.24. The van der Waals surface area contributed by atoms with Crippen molar-refractivity contribution in [3.8, 4) is 0 Å². The van der Waals surface area contributed by atoms with Gasteiger partial charge in [0.1, 0.15) is 0 Å². The molecule has 1 aliphatic heterocycles. The lowest BCUT2D eigenvalue weighted by molar-refractivity contribution is 0.390. The average Bonchev–Trinajstić information content (AvgIpc) is 2.39. The molecule has 1 aromatic rings. The van der Waals surface area contributed by atoms with Gasteiger partial charge in [0.2, 0.25) is 0 Å². The van der Waals surface area contributed by atoms with Crippen LogP contribution in [0.4, 0.5) is 5.69 Å². The van der Waals surface area contributed by atoms with Gasteiger partial charge >= 0.3 is 0 Å². The van der Waals surface area contributed by atoms with Crippen LogP contribution in [0.1, 0.15) is 32.8 Å². The number of nitrogens with zero attached hydrogens (tertiary/aromatic N) is 1. The Morgan fingerprint density at radius 2 is 2.22 bits per heavy atom. The third-order valence-electron chi connectivity index (χ3n) is 3.83. The smallest absolute Gasteiger partial charge is 0.0438 e. The summed E-state index contributed by atoms with van der Waals surface area (Å²) in [6.07, 6.45) is 2.41. The van der Waals surface area contributed by atoms with E-state index in [1.165, 1.54) is 24.1 Å². The molecule has 0 bridgehead atoms. The first kappa shape index (κ1) is 13.4. The van der Waals surface area contributed by atoms with Crippen LogP contribution < -0.4 is 10.2 Å². The number of benzene rings is 1. The molecule has 0 saturated carbocycles. The highest BCUT2D eigenvalue weighted by atomic mass is 15.2. The highest BCUT2D eigenvalue weighted by Crippen LogP contribution is 2.23. The molecule has 1 aromatic carbocycles. The Morgan fingerprint density at radius 3 is 2.94 bits per heavy atom. The van der Waals surface area contributed by atoms with E-state index in [0.717, 1.165) is 19.6 Å². The Labute approximate surface area is 111 Å². The van der Waals surface area contributed by atoms with Crippen molar-refractivity contribution in [3.63, 3.8) is 0 Å². The molecule has 0 aliphatic carbocycles. The van der Waals surface area contributed by atoms with Crippen LogP contribution in [0.5, 0.6) is 0 Å². The van der Waals surface area contributed by atoms with E-state index in [1.54, 1.807) is 0 Å². The second kappa shape index (κ2) is 6.24. The van der Waals surface area contributed by atoms with Crippen molar-refractivity contribution in [1.82, 2.24) is 5.32 Å². The normalized spacial score (nSPS) is 20.4. The number of aryl methyl sites for hydroxylation is 1. The SMILES string of the molecule is CCCc1cccc(N2CCNCC2C(C)C)c1. The molecule has 100 valence electrons. The molecule has 1 aliphatic rings. The van der Waals surface area contributed by atoms with Crippen LogP contribution in [0, 0.1) is 5.92 Å². The fourth-order valence-corrected chi connectivity index (χ4v) is 2.82. The molecule has 0 radical (unpaired) electrons. The summed E-state index contributed by atoms with van der Waals surface area (Å²) in [6, 6.07) is 9.72. The van der Waals surface area contributed by atoms with Crippen LogP contribution in [0.3, 0.4) is 0 Å². The third kappa shape index (κ3) is 3.05. The maximum absolute atomic E-state index is 3.51. The molecule has 1 N–H and O–H groups in total. The first-order chi connectivity index (χ1) is 8.72. The van der Waals surface area contributed by atoms with E-state index in [-0.39, 0.29) is 0 Å². The van der Waals surface area contributed by atoms with E-state index in [4.69, 9.17) is 0 Å². The van der Waals surface area contributed by atoms with Gasteiger partial charge in [-0.3, -0.25) is 0 Å².